The highest BCUT2D eigenvalue weighted by atomic mass is 19.4. The molecular weight excluding hydrogens is 283 g/mol. The van der Waals surface area contributed by atoms with E-state index in [2.05, 4.69) is 9.88 Å². The summed E-state index contributed by atoms with van der Waals surface area (Å²) in [6.45, 7) is 5.98. The standard InChI is InChI=1S/C14H18F3N3O/c1-10(2)19-5-6-20(12(8-19)9-21)13-4-3-11(7-18-13)14(15,16)17/h3-4,7,9-10,12H,5-6,8H2,1-2H3/t12-/m1/s1. The maximum Gasteiger partial charge on any atom is 0.417 e. The number of rotatable bonds is 3. The van der Waals surface area contributed by atoms with Crippen molar-refractivity contribution in [3.8, 4) is 0 Å². The number of anilines is 1. The van der Waals surface area contributed by atoms with Crippen LogP contribution in [0.3, 0.4) is 0 Å². The molecule has 2 rings (SSSR count). The van der Waals surface area contributed by atoms with E-state index in [-0.39, 0.29) is 6.04 Å². The lowest BCUT2D eigenvalue weighted by Gasteiger charge is -2.41. The third kappa shape index (κ3) is 3.53. The van der Waals surface area contributed by atoms with Gasteiger partial charge in [-0.15, -0.1) is 0 Å². The van der Waals surface area contributed by atoms with Crippen LogP contribution in [0.1, 0.15) is 19.4 Å². The molecule has 1 saturated heterocycles. The summed E-state index contributed by atoms with van der Waals surface area (Å²) in [5.41, 5.74) is -0.783. The second kappa shape index (κ2) is 6.01. The number of aromatic nitrogens is 1. The number of aldehydes is 1. The average molecular weight is 301 g/mol. The summed E-state index contributed by atoms with van der Waals surface area (Å²) < 4.78 is 37.6. The van der Waals surface area contributed by atoms with Crippen LogP contribution in [0, 0.1) is 0 Å². The summed E-state index contributed by atoms with van der Waals surface area (Å²) in [4.78, 5) is 19.0. The summed E-state index contributed by atoms with van der Waals surface area (Å²) >= 11 is 0. The maximum atomic E-state index is 12.5. The molecule has 0 aromatic carbocycles. The van der Waals surface area contributed by atoms with E-state index in [1.807, 2.05) is 13.8 Å². The number of pyridine rings is 1. The summed E-state index contributed by atoms with van der Waals surface area (Å²) in [5, 5.41) is 0. The van der Waals surface area contributed by atoms with Crippen LogP contribution in [-0.2, 0) is 11.0 Å². The smallest absolute Gasteiger partial charge is 0.344 e. The van der Waals surface area contributed by atoms with E-state index in [0.717, 1.165) is 25.1 Å². The first-order valence-corrected chi connectivity index (χ1v) is 6.82. The van der Waals surface area contributed by atoms with Gasteiger partial charge < -0.3 is 9.69 Å². The highest BCUT2D eigenvalue weighted by molar-refractivity contribution is 5.65. The van der Waals surface area contributed by atoms with Gasteiger partial charge in [-0.3, -0.25) is 4.90 Å². The Kier molecular flexibility index (Phi) is 4.51. The van der Waals surface area contributed by atoms with Crippen LogP contribution >= 0.6 is 0 Å². The van der Waals surface area contributed by atoms with Gasteiger partial charge in [0.05, 0.1) is 11.6 Å². The fourth-order valence-corrected chi connectivity index (χ4v) is 2.43. The molecule has 0 saturated carbocycles. The van der Waals surface area contributed by atoms with E-state index in [1.165, 1.54) is 6.07 Å². The minimum atomic E-state index is -4.40. The molecule has 1 aromatic heterocycles. The number of piperazine rings is 1. The van der Waals surface area contributed by atoms with Gasteiger partial charge in [0, 0.05) is 31.9 Å². The van der Waals surface area contributed by atoms with Gasteiger partial charge in [-0.1, -0.05) is 0 Å². The molecule has 1 aliphatic heterocycles. The summed E-state index contributed by atoms with van der Waals surface area (Å²) in [7, 11) is 0. The Morgan fingerprint density at radius 1 is 1.33 bits per heavy atom. The highest BCUT2D eigenvalue weighted by Crippen LogP contribution is 2.29. The molecule has 2 heterocycles. The minimum Gasteiger partial charge on any atom is -0.344 e. The van der Waals surface area contributed by atoms with Gasteiger partial charge in [0.1, 0.15) is 12.1 Å². The lowest BCUT2D eigenvalue weighted by Crippen LogP contribution is -2.56. The predicted octanol–water partition coefficient (Wildman–Crippen LogP) is 2.20. The summed E-state index contributed by atoms with van der Waals surface area (Å²) in [6, 6.07) is 2.27. The van der Waals surface area contributed by atoms with Crippen LogP contribution in [0.2, 0.25) is 0 Å². The SMILES string of the molecule is CC(C)N1CCN(c2ccc(C(F)(F)F)cn2)[C@@H](C=O)C1. The fraction of sp³-hybridized carbons (Fsp3) is 0.571. The highest BCUT2D eigenvalue weighted by Gasteiger charge is 2.32. The normalized spacial score (nSPS) is 20.9. The molecule has 0 unspecified atom stereocenters. The fourth-order valence-electron chi connectivity index (χ4n) is 2.43. The number of carbonyl (C=O) groups excluding carboxylic acids is 1. The van der Waals surface area contributed by atoms with Crippen molar-refractivity contribution in [2.24, 2.45) is 0 Å². The maximum absolute atomic E-state index is 12.5. The van der Waals surface area contributed by atoms with E-state index >= 15 is 0 Å². The van der Waals surface area contributed by atoms with Crippen LogP contribution in [-0.4, -0.2) is 47.9 Å². The van der Waals surface area contributed by atoms with Crippen molar-refractivity contribution in [3.05, 3.63) is 23.9 Å². The van der Waals surface area contributed by atoms with Gasteiger partial charge in [0.15, 0.2) is 0 Å². The molecule has 0 N–H and O–H groups in total. The molecule has 0 amide bonds. The number of carbonyl (C=O) groups is 1. The number of halogens is 3. The molecule has 0 spiro atoms. The molecule has 1 fully saturated rings. The van der Waals surface area contributed by atoms with Crippen LogP contribution in [0.5, 0.6) is 0 Å². The van der Waals surface area contributed by atoms with E-state index in [4.69, 9.17) is 0 Å². The second-order valence-corrected chi connectivity index (χ2v) is 5.39. The topological polar surface area (TPSA) is 36.4 Å². The largest absolute Gasteiger partial charge is 0.417 e. The molecule has 0 radical (unpaired) electrons. The first-order chi connectivity index (χ1) is 9.82. The Hall–Kier alpha value is -1.63. The zero-order chi connectivity index (χ0) is 15.6. The van der Waals surface area contributed by atoms with Crippen molar-refractivity contribution in [2.45, 2.75) is 32.1 Å². The number of alkyl halides is 3. The summed E-state index contributed by atoms with van der Waals surface area (Å²) in [6.07, 6.45) is -2.76. The minimum absolute atomic E-state index is 0.329. The monoisotopic (exact) mass is 301 g/mol. The third-order valence-electron chi connectivity index (χ3n) is 3.71. The van der Waals surface area contributed by atoms with Gasteiger partial charge in [0.25, 0.3) is 0 Å². The lowest BCUT2D eigenvalue weighted by atomic mass is 10.1. The molecule has 1 atom stereocenters. The van der Waals surface area contributed by atoms with E-state index in [0.29, 0.717) is 24.9 Å². The Morgan fingerprint density at radius 3 is 2.52 bits per heavy atom. The molecule has 7 heteroatoms. The molecule has 0 bridgehead atoms. The van der Waals surface area contributed by atoms with Crippen LogP contribution < -0.4 is 4.90 Å². The zero-order valence-corrected chi connectivity index (χ0v) is 12.0. The van der Waals surface area contributed by atoms with Crippen molar-refractivity contribution in [1.29, 1.82) is 0 Å². The Bertz CT molecular complexity index is 487. The molecule has 4 nitrogen and oxygen atoms in total. The Morgan fingerprint density at radius 2 is 2.05 bits per heavy atom. The first kappa shape index (κ1) is 15.8. The van der Waals surface area contributed by atoms with Crippen molar-refractivity contribution >= 4 is 12.1 Å². The molecule has 1 aromatic rings. The summed E-state index contributed by atoms with van der Waals surface area (Å²) in [5.74, 6) is 0.406. The van der Waals surface area contributed by atoms with E-state index in [9.17, 15) is 18.0 Å². The number of nitrogens with zero attached hydrogens (tertiary/aromatic N) is 3. The number of hydrogen-bond donors (Lipinski definition) is 0. The van der Waals surface area contributed by atoms with Crippen molar-refractivity contribution in [2.75, 3.05) is 24.5 Å². The van der Waals surface area contributed by atoms with Crippen molar-refractivity contribution in [3.63, 3.8) is 0 Å². The molecule has 0 aliphatic carbocycles. The average Bonchev–Trinajstić information content (AvgIpc) is 2.45. The van der Waals surface area contributed by atoms with Crippen molar-refractivity contribution in [1.82, 2.24) is 9.88 Å². The van der Waals surface area contributed by atoms with Gasteiger partial charge >= 0.3 is 6.18 Å². The second-order valence-electron chi connectivity index (χ2n) is 5.39. The number of hydrogen-bond acceptors (Lipinski definition) is 4. The van der Waals surface area contributed by atoms with Crippen molar-refractivity contribution < 1.29 is 18.0 Å². The Balaban J connectivity index is 2.16. The van der Waals surface area contributed by atoms with Gasteiger partial charge in [-0.05, 0) is 26.0 Å². The Labute approximate surface area is 121 Å². The third-order valence-corrected chi connectivity index (χ3v) is 3.71. The zero-order valence-electron chi connectivity index (χ0n) is 12.0. The van der Waals surface area contributed by atoms with Crippen LogP contribution in [0.15, 0.2) is 18.3 Å². The molecule has 21 heavy (non-hydrogen) atoms. The van der Waals surface area contributed by atoms with E-state index < -0.39 is 11.7 Å². The quantitative estimate of drug-likeness (QED) is 0.802. The van der Waals surface area contributed by atoms with Gasteiger partial charge in [-0.2, -0.15) is 13.2 Å². The van der Waals surface area contributed by atoms with Gasteiger partial charge in [-0.25, -0.2) is 4.98 Å². The van der Waals surface area contributed by atoms with Crippen LogP contribution in [0.4, 0.5) is 19.0 Å². The molecular formula is C14H18F3N3O. The lowest BCUT2D eigenvalue weighted by molar-refractivity contribution is -0.137. The van der Waals surface area contributed by atoms with Crippen LogP contribution in [0.25, 0.3) is 0 Å². The first-order valence-electron chi connectivity index (χ1n) is 6.82. The molecule has 116 valence electrons. The molecule has 1 aliphatic rings. The van der Waals surface area contributed by atoms with Gasteiger partial charge in [0.2, 0.25) is 0 Å². The predicted molar refractivity (Wildman–Crippen MR) is 73.1 cm³/mol. The van der Waals surface area contributed by atoms with E-state index in [1.54, 1.807) is 4.90 Å².